The molecule has 8 nitrogen and oxygen atoms in total. The van der Waals surface area contributed by atoms with Crippen LogP contribution in [0.25, 0.3) is 11.3 Å². The molecule has 1 aliphatic heterocycles. The van der Waals surface area contributed by atoms with Gasteiger partial charge in [-0.15, -0.1) is 5.10 Å². The van der Waals surface area contributed by atoms with Crippen molar-refractivity contribution in [2.75, 3.05) is 43.4 Å². The molecule has 0 saturated carbocycles. The van der Waals surface area contributed by atoms with E-state index in [2.05, 4.69) is 25.2 Å². The molecule has 1 fully saturated rings. The molecule has 0 bridgehead atoms. The second-order valence-corrected chi connectivity index (χ2v) is 11.4. The lowest BCUT2D eigenvalue weighted by Crippen LogP contribution is -2.47. The average Bonchev–Trinajstić information content (AvgIpc) is 3.35. The molecular weight excluding hydrogens is 503 g/mol. The van der Waals surface area contributed by atoms with Crippen LogP contribution in [-0.2, 0) is 11.6 Å². The van der Waals surface area contributed by atoms with Crippen LogP contribution in [0.2, 0.25) is 0 Å². The van der Waals surface area contributed by atoms with E-state index < -0.39 is 17.3 Å². The Hall–Kier alpha value is -2.60. The van der Waals surface area contributed by atoms with Crippen molar-refractivity contribution in [1.29, 1.82) is 0 Å². The average molecular weight is 538 g/mol. The summed E-state index contributed by atoms with van der Waals surface area (Å²) in [6, 6.07) is 3.05. The van der Waals surface area contributed by atoms with E-state index >= 15 is 0 Å². The number of rotatable bonds is 7. The third-order valence-electron chi connectivity index (χ3n) is 6.35. The van der Waals surface area contributed by atoms with Crippen LogP contribution in [0.4, 0.5) is 19.0 Å². The molecule has 3 aromatic rings. The van der Waals surface area contributed by atoms with E-state index in [4.69, 9.17) is 4.42 Å². The highest BCUT2D eigenvalue weighted by Crippen LogP contribution is 2.32. The van der Waals surface area contributed by atoms with E-state index in [1.807, 2.05) is 56.6 Å². The SMILES string of the molecule is Cc1cc(-c2nnn(SCCCN3CCN(c4cc(C(F)(F)F)nc(C(C)(C)C)n4)CC3)c2C)c(C)o1. The summed E-state index contributed by atoms with van der Waals surface area (Å²) in [6.45, 7) is 15.0. The van der Waals surface area contributed by atoms with Crippen LogP contribution >= 0.6 is 11.9 Å². The van der Waals surface area contributed by atoms with E-state index in [0.717, 1.165) is 66.3 Å². The van der Waals surface area contributed by atoms with Crippen molar-refractivity contribution in [3.05, 3.63) is 40.9 Å². The Morgan fingerprint density at radius 2 is 1.70 bits per heavy atom. The molecule has 0 aliphatic carbocycles. The van der Waals surface area contributed by atoms with Crippen LogP contribution in [-0.4, -0.2) is 67.7 Å². The molecule has 1 aliphatic rings. The van der Waals surface area contributed by atoms with Gasteiger partial charge in [0.25, 0.3) is 0 Å². The van der Waals surface area contributed by atoms with Crippen molar-refractivity contribution < 1.29 is 17.6 Å². The van der Waals surface area contributed by atoms with Crippen molar-refractivity contribution in [2.24, 2.45) is 0 Å². The van der Waals surface area contributed by atoms with Gasteiger partial charge in [0.05, 0.1) is 5.69 Å². The van der Waals surface area contributed by atoms with Gasteiger partial charge >= 0.3 is 6.18 Å². The lowest BCUT2D eigenvalue weighted by molar-refractivity contribution is -0.141. The third kappa shape index (κ3) is 6.46. The van der Waals surface area contributed by atoms with Crippen LogP contribution in [0.15, 0.2) is 16.5 Å². The summed E-state index contributed by atoms with van der Waals surface area (Å²) >= 11 is 1.62. The Morgan fingerprint density at radius 3 is 2.30 bits per heavy atom. The minimum atomic E-state index is -4.50. The first-order chi connectivity index (χ1) is 17.3. The number of anilines is 1. The van der Waals surface area contributed by atoms with Crippen LogP contribution in [0.1, 0.15) is 55.9 Å². The van der Waals surface area contributed by atoms with Crippen LogP contribution < -0.4 is 4.90 Å². The fourth-order valence-electron chi connectivity index (χ4n) is 4.27. The Balaban J connectivity index is 1.29. The highest BCUT2D eigenvalue weighted by Gasteiger charge is 2.36. The van der Waals surface area contributed by atoms with Crippen LogP contribution in [0.3, 0.4) is 0 Å². The van der Waals surface area contributed by atoms with Crippen molar-refractivity contribution in [3.8, 4) is 11.3 Å². The van der Waals surface area contributed by atoms with E-state index in [1.54, 1.807) is 11.9 Å². The van der Waals surface area contributed by atoms with Gasteiger partial charge in [-0.25, -0.2) is 9.97 Å². The summed E-state index contributed by atoms with van der Waals surface area (Å²) < 4.78 is 47.9. The molecule has 37 heavy (non-hydrogen) atoms. The summed E-state index contributed by atoms with van der Waals surface area (Å²) in [7, 11) is 0. The van der Waals surface area contributed by atoms with Crippen molar-refractivity contribution >= 4 is 17.8 Å². The Bertz CT molecular complexity index is 1190. The normalized spacial score (nSPS) is 15.5. The maximum absolute atomic E-state index is 13.5. The number of furan rings is 1. The minimum absolute atomic E-state index is 0.210. The van der Waals surface area contributed by atoms with E-state index in [1.165, 1.54) is 0 Å². The molecule has 0 amide bonds. The predicted molar refractivity (Wildman–Crippen MR) is 139 cm³/mol. The van der Waals surface area contributed by atoms with Gasteiger partial charge < -0.3 is 9.32 Å². The fourth-order valence-corrected chi connectivity index (χ4v) is 5.07. The first kappa shape index (κ1) is 27.4. The van der Waals surface area contributed by atoms with E-state index in [-0.39, 0.29) is 5.82 Å². The minimum Gasteiger partial charge on any atom is -0.466 e. The Kier molecular flexibility index (Phi) is 7.89. The zero-order valence-corrected chi connectivity index (χ0v) is 23.0. The maximum Gasteiger partial charge on any atom is 0.433 e. The molecule has 202 valence electrons. The van der Waals surface area contributed by atoms with Gasteiger partial charge in [-0.1, -0.05) is 26.0 Å². The zero-order valence-electron chi connectivity index (χ0n) is 22.2. The molecule has 1 saturated heterocycles. The molecule has 0 unspecified atom stereocenters. The van der Waals surface area contributed by atoms with Gasteiger partial charge in [0, 0.05) is 49.0 Å². The predicted octanol–water partition coefficient (Wildman–Crippen LogP) is 5.28. The largest absolute Gasteiger partial charge is 0.466 e. The molecule has 0 aromatic carbocycles. The summed E-state index contributed by atoms with van der Waals surface area (Å²) in [5, 5.41) is 8.64. The monoisotopic (exact) mass is 537 g/mol. The van der Waals surface area contributed by atoms with Crippen molar-refractivity contribution in [1.82, 2.24) is 29.3 Å². The van der Waals surface area contributed by atoms with Gasteiger partial charge in [-0.2, -0.15) is 17.3 Å². The molecule has 12 heteroatoms. The molecule has 4 rings (SSSR count). The summed E-state index contributed by atoms with van der Waals surface area (Å²) in [6.07, 6.45) is -3.54. The number of piperazine rings is 1. The summed E-state index contributed by atoms with van der Waals surface area (Å²) in [5.74, 6) is 3.13. The number of alkyl halides is 3. The first-order valence-electron chi connectivity index (χ1n) is 12.4. The number of halogens is 3. The summed E-state index contributed by atoms with van der Waals surface area (Å²) in [4.78, 5) is 12.6. The number of nitrogens with zero attached hydrogens (tertiary/aromatic N) is 7. The first-order valence-corrected chi connectivity index (χ1v) is 13.3. The number of hydrogen-bond donors (Lipinski definition) is 0. The van der Waals surface area contributed by atoms with Crippen LogP contribution in [0.5, 0.6) is 0 Å². The van der Waals surface area contributed by atoms with Gasteiger partial charge in [0.15, 0.2) is 0 Å². The van der Waals surface area contributed by atoms with Gasteiger partial charge in [0.2, 0.25) is 0 Å². The maximum atomic E-state index is 13.5. The van der Waals surface area contributed by atoms with Crippen molar-refractivity contribution in [3.63, 3.8) is 0 Å². The quantitative estimate of drug-likeness (QED) is 0.377. The van der Waals surface area contributed by atoms with Gasteiger partial charge in [0.1, 0.15) is 34.6 Å². The topological polar surface area (TPSA) is 76.1 Å². The second-order valence-electron chi connectivity index (χ2n) is 10.4. The molecule has 4 heterocycles. The smallest absolute Gasteiger partial charge is 0.433 e. The Labute approximate surface area is 219 Å². The van der Waals surface area contributed by atoms with Crippen LogP contribution in [0, 0.1) is 20.8 Å². The molecule has 0 spiro atoms. The zero-order chi connectivity index (χ0) is 27.0. The standard InChI is InChI=1S/C25H34F3N7OS/c1-16-14-19(18(3)36-16)22-17(2)35(32-31-22)37-13-7-8-33-9-11-34(12-10-33)21-15-20(25(26,27)28)29-23(30-21)24(4,5)6/h14-15H,7-13H2,1-6H3. The lowest BCUT2D eigenvalue weighted by Gasteiger charge is -2.36. The Morgan fingerprint density at radius 1 is 1.00 bits per heavy atom. The van der Waals surface area contributed by atoms with E-state index in [0.29, 0.717) is 18.9 Å². The molecule has 0 atom stereocenters. The molecule has 0 N–H and O–H groups in total. The van der Waals surface area contributed by atoms with E-state index in [9.17, 15) is 13.2 Å². The summed E-state index contributed by atoms with van der Waals surface area (Å²) in [5.41, 5.74) is 1.34. The van der Waals surface area contributed by atoms with Crippen molar-refractivity contribution in [2.45, 2.75) is 59.6 Å². The highest BCUT2D eigenvalue weighted by atomic mass is 32.2. The molecule has 0 radical (unpaired) electrons. The molecule has 3 aromatic heterocycles. The number of hydrogen-bond acceptors (Lipinski definition) is 8. The molecular formula is C25H34F3N7OS. The lowest BCUT2D eigenvalue weighted by atomic mass is 9.95. The van der Waals surface area contributed by atoms with Gasteiger partial charge in [-0.05, 0) is 51.8 Å². The second kappa shape index (κ2) is 10.6. The number of aromatic nitrogens is 5. The number of aryl methyl sites for hydroxylation is 2. The van der Waals surface area contributed by atoms with Gasteiger partial charge in [-0.3, -0.25) is 4.90 Å². The highest BCUT2D eigenvalue weighted by molar-refractivity contribution is 7.97. The fraction of sp³-hybridized carbons (Fsp3) is 0.600. The third-order valence-corrected chi connectivity index (χ3v) is 7.42.